The molecule has 9 heteroatoms. The van der Waals surface area contributed by atoms with Crippen molar-refractivity contribution in [3.8, 4) is 0 Å². The van der Waals surface area contributed by atoms with Crippen molar-refractivity contribution in [3.05, 3.63) is 72.9 Å². The van der Waals surface area contributed by atoms with Crippen molar-refractivity contribution < 1.29 is 39.8 Å². The number of aliphatic hydroxyl groups excluding tert-OH is 5. The summed E-state index contributed by atoms with van der Waals surface area (Å²) >= 11 is 0. The Kier molecular flexibility index (Phi) is 58.4. The van der Waals surface area contributed by atoms with Crippen LogP contribution >= 0.6 is 0 Å². The molecular formula is C73H133NO8. The molecule has 0 aromatic rings. The van der Waals surface area contributed by atoms with E-state index >= 15 is 0 Å². The van der Waals surface area contributed by atoms with E-state index in [0.29, 0.717) is 12.8 Å². The highest BCUT2D eigenvalue weighted by molar-refractivity contribution is 5.76. The van der Waals surface area contributed by atoms with Gasteiger partial charge in [-0.1, -0.05) is 331 Å². The van der Waals surface area contributed by atoms with Gasteiger partial charge in [0.25, 0.3) is 0 Å². The standard InChI is InChI=1S/C73H133NO8/c1-3-5-7-9-11-13-15-17-19-21-23-25-27-28-29-30-31-32-33-34-35-36-37-38-39-40-41-43-45-47-49-51-53-55-57-59-61-63-69(77)74-66(65-81-73-72(80)71(79)70(78)68(64-75)82-73)67(76)62-60-58-56-54-52-50-48-46-44-42-26-24-22-20-18-16-14-12-10-8-6-4-2/h5,7,11,13,17,19,23,25,28-29,31-32,66-68,70-73,75-76,78-80H,3-4,6,8-10,12,14-16,18,20-22,24,26-27,30,33-65H2,1-2H3,(H,74,77)/b7-5-,13-11-,19-17-,25-23-,29-28-,32-31-. The Balaban J connectivity index is 2.09. The van der Waals surface area contributed by atoms with Gasteiger partial charge in [-0.05, 0) is 64.2 Å². The highest BCUT2D eigenvalue weighted by Gasteiger charge is 2.44. The van der Waals surface area contributed by atoms with Crippen LogP contribution in [0.4, 0.5) is 0 Å². The number of unbranched alkanes of at least 4 members (excludes halogenated alkanes) is 39. The lowest BCUT2D eigenvalue weighted by atomic mass is 9.99. The van der Waals surface area contributed by atoms with Gasteiger partial charge in [0.2, 0.25) is 5.91 Å². The van der Waals surface area contributed by atoms with Crippen LogP contribution in [0.1, 0.15) is 328 Å². The van der Waals surface area contributed by atoms with Gasteiger partial charge < -0.3 is 40.3 Å². The topological polar surface area (TPSA) is 149 Å². The van der Waals surface area contributed by atoms with Gasteiger partial charge in [-0.25, -0.2) is 0 Å². The first-order chi connectivity index (χ1) is 40.3. The summed E-state index contributed by atoms with van der Waals surface area (Å²) in [5, 5.41) is 54.9. The number of hydrogen-bond acceptors (Lipinski definition) is 8. The average Bonchev–Trinajstić information content (AvgIpc) is 3.59. The zero-order valence-corrected chi connectivity index (χ0v) is 53.5. The molecule has 0 bridgehead atoms. The number of carbonyl (C=O) groups excluding carboxylic acids is 1. The Bertz CT molecular complexity index is 1520. The van der Waals surface area contributed by atoms with Gasteiger partial charge >= 0.3 is 0 Å². The second-order valence-corrected chi connectivity index (χ2v) is 24.3. The third kappa shape index (κ3) is 49.8. The van der Waals surface area contributed by atoms with Crippen LogP contribution in [0, 0.1) is 0 Å². The van der Waals surface area contributed by atoms with Gasteiger partial charge in [0.15, 0.2) is 6.29 Å². The fourth-order valence-electron chi connectivity index (χ4n) is 11.1. The number of hydrogen-bond donors (Lipinski definition) is 6. The molecule has 7 atom stereocenters. The monoisotopic (exact) mass is 1150 g/mol. The van der Waals surface area contributed by atoms with E-state index in [9.17, 15) is 30.3 Å². The minimum absolute atomic E-state index is 0.136. The van der Waals surface area contributed by atoms with Crippen molar-refractivity contribution in [3.63, 3.8) is 0 Å². The van der Waals surface area contributed by atoms with E-state index in [-0.39, 0.29) is 12.5 Å². The predicted molar refractivity (Wildman–Crippen MR) is 350 cm³/mol. The molecule has 7 unspecified atom stereocenters. The summed E-state index contributed by atoms with van der Waals surface area (Å²) in [6, 6.07) is -0.722. The molecule has 1 aliphatic heterocycles. The van der Waals surface area contributed by atoms with E-state index in [2.05, 4.69) is 92.1 Å². The maximum absolute atomic E-state index is 13.2. The number of amides is 1. The molecule has 1 saturated heterocycles. The maximum Gasteiger partial charge on any atom is 0.220 e. The summed E-state index contributed by atoms with van der Waals surface area (Å²) in [5.41, 5.74) is 0. The van der Waals surface area contributed by atoms with Crippen molar-refractivity contribution in [2.75, 3.05) is 13.2 Å². The largest absolute Gasteiger partial charge is 0.394 e. The zero-order chi connectivity index (χ0) is 59.3. The molecule has 1 amide bonds. The van der Waals surface area contributed by atoms with Gasteiger partial charge in [-0.2, -0.15) is 0 Å². The summed E-state index contributed by atoms with van der Waals surface area (Å²) in [4.78, 5) is 13.2. The summed E-state index contributed by atoms with van der Waals surface area (Å²) in [6.45, 7) is 3.76. The minimum Gasteiger partial charge on any atom is -0.394 e. The summed E-state index contributed by atoms with van der Waals surface area (Å²) in [6.07, 6.45) is 79.7. The Labute approximate surface area is 506 Å². The number of rotatable bonds is 61. The molecule has 478 valence electrons. The van der Waals surface area contributed by atoms with Crippen molar-refractivity contribution in [2.45, 2.75) is 371 Å². The first-order valence-corrected chi connectivity index (χ1v) is 35.1. The SMILES string of the molecule is CC/C=C\C/C=C\C/C=C\C/C=C\C/C=C\C/C=C\CCCCCCCCCCCCCCCCCCCCC(=O)NC(COC1OC(CO)C(O)C(O)C1O)C(O)CCCCCCCCCCCCCCCCCCCCCCCC. The molecule has 9 nitrogen and oxygen atoms in total. The molecule has 0 aliphatic carbocycles. The van der Waals surface area contributed by atoms with Crippen molar-refractivity contribution in [1.82, 2.24) is 5.32 Å². The molecule has 0 saturated carbocycles. The molecule has 6 N–H and O–H groups in total. The fraction of sp³-hybridized carbons (Fsp3) is 0.822. The summed E-state index contributed by atoms with van der Waals surface area (Å²) in [7, 11) is 0. The van der Waals surface area contributed by atoms with Gasteiger partial charge in [-0.3, -0.25) is 4.79 Å². The van der Waals surface area contributed by atoms with Crippen molar-refractivity contribution >= 4 is 5.91 Å². The molecule has 0 aromatic carbocycles. The summed E-state index contributed by atoms with van der Waals surface area (Å²) in [5.74, 6) is -0.140. The molecule has 1 heterocycles. The van der Waals surface area contributed by atoms with Crippen molar-refractivity contribution in [1.29, 1.82) is 0 Å². The van der Waals surface area contributed by atoms with E-state index in [1.165, 1.54) is 225 Å². The van der Waals surface area contributed by atoms with Crippen LogP contribution in [-0.4, -0.2) is 87.5 Å². The number of nitrogens with one attached hydrogen (secondary N) is 1. The van der Waals surface area contributed by atoms with Crippen LogP contribution in [0.2, 0.25) is 0 Å². The zero-order valence-electron chi connectivity index (χ0n) is 53.5. The third-order valence-electron chi connectivity index (χ3n) is 16.6. The predicted octanol–water partition coefficient (Wildman–Crippen LogP) is 19.1. The van der Waals surface area contributed by atoms with E-state index in [1.807, 2.05) is 0 Å². The quantitative estimate of drug-likeness (QED) is 0.0261. The third-order valence-corrected chi connectivity index (χ3v) is 16.6. The number of aliphatic hydroxyl groups is 5. The smallest absolute Gasteiger partial charge is 0.220 e. The van der Waals surface area contributed by atoms with Gasteiger partial charge in [0.05, 0.1) is 25.4 Å². The number of allylic oxidation sites excluding steroid dienone is 12. The van der Waals surface area contributed by atoms with Gasteiger partial charge in [-0.15, -0.1) is 0 Å². The second-order valence-electron chi connectivity index (χ2n) is 24.3. The lowest BCUT2D eigenvalue weighted by Crippen LogP contribution is -2.60. The molecule has 1 aliphatic rings. The fourth-order valence-corrected chi connectivity index (χ4v) is 11.1. The first-order valence-electron chi connectivity index (χ1n) is 35.1. The number of ether oxygens (including phenoxy) is 2. The molecule has 0 radical (unpaired) electrons. The Hall–Kier alpha value is -2.37. The normalized spacial score (nSPS) is 18.7. The van der Waals surface area contributed by atoms with Crippen LogP contribution in [-0.2, 0) is 14.3 Å². The van der Waals surface area contributed by atoms with Crippen LogP contribution in [0.15, 0.2) is 72.9 Å². The van der Waals surface area contributed by atoms with E-state index in [0.717, 1.165) is 77.0 Å². The van der Waals surface area contributed by atoms with E-state index in [1.54, 1.807) is 0 Å². The summed E-state index contributed by atoms with van der Waals surface area (Å²) < 4.78 is 11.4. The lowest BCUT2D eigenvalue weighted by molar-refractivity contribution is -0.302. The maximum atomic E-state index is 13.2. The Morgan fingerprint density at radius 1 is 0.427 bits per heavy atom. The van der Waals surface area contributed by atoms with Crippen LogP contribution in [0.3, 0.4) is 0 Å². The molecule has 1 rings (SSSR count). The molecule has 0 aromatic heterocycles. The van der Waals surface area contributed by atoms with E-state index < -0.39 is 49.5 Å². The lowest BCUT2D eigenvalue weighted by Gasteiger charge is -2.40. The van der Waals surface area contributed by atoms with Crippen molar-refractivity contribution in [2.24, 2.45) is 0 Å². The first kappa shape index (κ1) is 77.6. The molecule has 1 fully saturated rings. The van der Waals surface area contributed by atoms with E-state index in [4.69, 9.17) is 9.47 Å². The van der Waals surface area contributed by atoms with Crippen LogP contribution in [0.25, 0.3) is 0 Å². The number of carbonyl (C=O) groups is 1. The Morgan fingerprint density at radius 2 is 0.756 bits per heavy atom. The minimum atomic E-state index is -1.56. The Morgan fingerprint density at radius 3 is 1.12 bits per heavy atom. The van der Waals surface area contributed by atoms with Crippen LogP contribution in [0.5, 0.6) is 0 Å². The van der Waals surface area contributed by atoms with Crippen LogP contribution < -0.4 is 5.32 Å². The average molecular weight is 1150 g/mol. The molecule has 0 spiro atoms. The van der Waals surface area contributed by atoms with Gasteiger partial charge in [0.1, 0.15) is 24.4 Å². The molecular weight excluding hydrogens is 1020 g/mol. The highest BCUT2D eigenvalue weighted by atomic mass is 16.7. The van der Waals surface area contributed by atoms with Gasteiger partial charge in [0, 0.05) is 6.42 Å². The second kappa shape index (κ2) is 61.7. The molecule has 82 heavy (non-hydrogen) atoms. The highest BCUT2D eigenvalue weighted by Crippen LogP contribution is 2.24.